The molecule has 1 aliphatic rings. The molecule has 1 aromatic rings. The lowest BCUT2D eigenvalue weighted by Gasteiger charge is -2.14. The van der Waals surface area contributed by atoms with Crippen LogP contribution in [0.3, 0.4) is 0 Å². The fourth-order valence-corrected chi connectivity index (χ4v) is 1.78. The molecular formula is C13H15NO4. The number of esters is 1. The number of nitrogens with zero attached hydrogens (tertiary/aromatic N) is 1. The van der Waals surface area contributed by atoms with Crippen LogP contribution in [0.25, 0.3) is 6.08 Å². The van der Waals surface area contributed by atoms with Gasteiger partial charge in [-0.05, 0) is 31.1 Å². The molecule has 0 aromatic carbocycles. The Bertz CT molecular complexity index is 430. The third-order valence-corrected chi connectivity index (χ3v) is 2.72. The summed E-state index contributed by atoms with van der Waals surface area (Å²) in [4.78, 5) is 24.6. The van der Waals surface area contributed by atoms with Crippen LogP contribution in [0.15, 0.2) is 28.9 Å². The van der Waals surface area contributed by atoms with Gasteiger partial charge >= 0.3 is 5.97 Å². The number of furan rings is 1. The van der Waals surface area contributed by atoms with Crippen LogP contribution in [-0.2, 0) is 14.3 Å². The second-order valence-electron chi connectivity index (χ2n) is 4.04. The number of hydrogen-bond donors (Lipinski definition) is 0. The Morgan fingerprint density at radius 2 is 2.17 bits per heavy atom. The van der Waals surface area contributed by atoms with Crippen LogP contribution < -0.4 is 0 Å². The van der Waals surface area contributed by atoms with E-state index in [1.54, 1.807) is 17.0 Å². The van der Waals surface area contributed by atoms with Gasteiger partial charge in [0.1, 0.15) is 5.76 Å². The number of amides is 1. The third kappa shape index (κ3) is 3.48. The van der Waals surface area contributed by atoms with E-state index in [0.29, 0.717) is 5.76 Å². The van der Waals surface area contributed by atoms with Crippen molar-refractivity contribution in [3.63, 3.8) is 0 Å². The van der Waals surface area contributed by atoms with Gasteiger partial charge in [-0.1, -0.05) is 0 Å². The molecule has 0 bridgehead atoms. The van der Waals surface area contributed by atoms with Crippen LogP contribution >= 0.6 is 0 Å². The number of hydrogen-bond acceptors (Lipinski definition) is 4. The summed E-state index contributed by atoms with van der Waals surface area (Å²) < 4.78 is 9.88. The van der Waals surface area contributed by atoms with Gasteiger partial charge < -0.3 is 14.1 Å². The highest BCUT2D eigenvalue weighted by Crippen LogP contribution is 2.07. The summed E-state index contributed by atoms with van der Waals surface area (Å²) in [5, 5.41) is 0. The molecule has 1 fully saturated rings. The van der Waals surface area contributed by atoms with Gasteiger partial charge in [0.05, 0.1) is 6.26 Å². The van der Waals surface area contributed by atoms with Gasteiger partial charge in [0.2, 0.25) is 0 Å². The first-order chi connectivity index (χ1) is 8.75. The Morgan fingerprint density at radius 3 is 2.83 bits per heavy atom. The summed E-state index contributed by atoms with van der Waals surface area (Å²) in [6.45, 7) is 1.33. The minimum absolute atomic E-state index is 0.132. The first-order valence-electron chi connectivity index (χ1n) is 5.92. The van der Waals surface area contributed by atoms with Crippen molar-refractivity contribution in [3.8, 4) is 0 Å². The maximum Gasteiger partial charge on any atom is 0.331 e. The van der Waals surface area contributed by atoms with Crippen molar-refractivity contribution in [3.05, 3.63) is 30.2 Å². The van der Waals surface area contributed by atoms with Gasteiger partial charge in [-0.15, -0.1) is 0 Å². The highest BCUT2D eigenvalue weighted by atomic mass is 16.5. The Labute approximate surface area is 105 Å². The maximum atomic E-state index is 11.6. The van der Waals surface area contributed by atoms with E-state index in [2.05, 4.69) is 0 Å². The van der Waals surface area contributed by atoms with Crippen molar-refractivity contribution in [1.29, 1.82) is 0 Å². The van der Waals surface area contributed by atoms with E-state index in [9.17, 15) is 9.59 Å². The number of ether oxygens (including phenoxy) is 1. The quantitative estimate of drug-likeness (QED) is 0.598. The number of carbonyl (C=O) groups excluding carboxylic acids is 2. The summed E-state index contributed by atoms with van der Waals surface area (Å²) in [6, 6.07) is 3.45. The molecule has 18 heavy (non-hydrogen) atoms. The fourth-order valence-electron chi connectivity index (χ4n) is 1.78. The maximum absolute atomic E-state index is 11.6. The van der Waals surface area contributed by atoms with Crippen molar-refractivity contribution in [2.75, 3.05) is 19.7 Å². The molecule has 0 atom stereocenters. The van der Waals surface area contributed by atoms with Crippen LogP contribution in [0.5, 0.6) is 0 Å². The Hall–Kier alpha value is -2.04. The number of carbonyl (C=O) groups is 2. The number of likely N-dealkylation sites (tertiary alicyclic amines) is 1. The molecule has 1 aliphatic heterocycles. The molecule has 1 aromatic heterocycles. The first kappa shape index (κ1) is 12.4. The highest BCUT2D eigenvalue weighted by Gasteiger charge is 2.18. The molecular weight excluding hydrogens is 234 g/mol. The van der Waals surface area contributed by atoms with E-state index in [1.807, 2.05) is 0 Å². The predicted molar refractivity (Wildman–Crippen MR) is 64.5 cm³/mol. The molecule has 96 valence electrons. The van der Waals surface area contributed by atoms with Crippen LogP contribution in [-0.4, -0.2) is 36.5 Å². The molecule has 0 aliphatic carbocycles. The fraction of sp³-hybridized carbons (Fsp3) is 0.385. The largest absolute Gasteiger partial charge is 0.465 e. The van der Waals surface area contributed by atoms with Crippen LogP contribution in [0.1, 0.15) is 18.6 Å². The lowest BCUT2D eigenvalue weighted by Crippen LogP contribution is -2.31. The molecule has 1 amide bonds. The standard InChI is InChI=1S/C13H15NO4/c15-12(14-7-1-2-8-14)10-18-13(16)6-5-11-4-3-9-17-11/h3-6,9H,1-2,7-8,10H2. The summed E-state index contributed by atoms with van der Waals surface area (Å²) in [7, 11) is 0. The Balaban J connectivity index is 1.73. The summed E-state index contributed by atoms with van der Waals surface area (Å²) in [6.07, 6.45) is 6.32. The molecule has 5 heteroatoms. The average molecular weight is 249 g/mol. The minimum Gasteiger partial charge on any atom is -0.465 e. The first-order valence-corrected chi connectivity index (χ1v) is 5.92. The van der Waals surface area contributed by atoms with Crippen LogP contribution in [0, 0.1) is 0 Å². The van der Waals surface area contributed by atoms with E-state index >= 15 is 0 Å². The third-order valence-electron chi connectivity index (χ3n) is 2.72. The van der Waals surface area contributed by atoms with Gasteiger partial charge in [0, 0.05) is 19.2 Å². The monoisotopic (exact) mass is 249 g/mol. The highest BCUT2D eigenvalue weighted by molar-refractivity contribution is 5.88. The summed E-state index contributed by atoms with van der Waals surface area (Å²) in [5.41, 5.74) is 0. The van der Waals surface area contributed by atoms with Gasteiger partial charge in [0.25, 0.3) is 5.91 Å². The number of rotatable bonds is 4. The van der Waals surface area contributed by atoms with Crippen molar-refractivity contribution in [2.45, 2.75) is 12.8 Å². The molecule has 1 saturated heterocycles. The van der Waals surface area contributed by atoms with Crippen LogP contribution in [0.4, 0.5) is 0 Å². The molecule has 0 unspecified atom stereocenters. The van der Waals surface area contributed by atoms with E-state index in [-0.39, 0.29) is 12.5 Å². The predicted octanol–water partition coefficient (Wildman–Crippen LogP) is 1.46. The molecule has 2 rings (SSSR count). The van der Waals surface area contributed by atoms with Crippen LogP contribution in [0.2, 0.25) is 0 Å². The summed E-state index contributed by atoms with van der Waals surface area (Å²) in [5.74, 6) is -0.107. The molecule has 2 heterocycles. The zero-order chi connectivity index (χ0) is 12.8. The van der Waals surface area contributed by atoms with E-state index in [1.165, 1.54) is 18.4 Å². The van der Waals surface area contributed by atoms with E-state index < -0.39 is 5.97 Å². The molecule has 0 N–H and O–H groups in total. The lowest BCUT2D eigenvalue weighted by atomic mass is 10.4. The zero-order valence-corrected chi connectivity index (χ0v) is 10.0. The molecule has 0 radical (unpaired) electrons. The van der Waals surface area contributed by atoms with Gasteiger partial charge in [-0.25, -0.2) is 4.79 Å². The average Bonchev–Trinajstić information content (AvgIpc) is 3.05. The molecule has 0 spiro atoms. The molecule has 5 nitrogen and oxygen atoms in total. The summed E-state index contributed by atoms with van der Waals surface area (Å²) >= 11 is 0. The zero-order valence-electron chi connectivity index (χ0n) is 10.0. The second kappa shape index (κ2) is 6.05. The minimum atomic E-state index is -0.543. The Morgan fingerprint density at radius 1 is 1.39 bits per heavy atom. The van der Waals surface area contributed by atoms with Crippen molar-refractivity contribution in [1.82, 2.24) is 4.90 Å². The SMILES string of the molecule is O=C(C=Cc1ccco1)OCC(=O)N1CCCC1. The van der Waals surface area contributed by atoms with E-state index in [0.717, 1.165) is 25.9 Å². The normalized spacial score (nSPS) is 15.2. The topological polar surface area (TPSA) is 59.8 Å². The van der Waals surface area contributed by atoms with Gasteiger partial charge in [-0.3, -0.25) is 4.79 Å². The van der Waals surface area contributed by atoms with Gasteiger partial charge in [-0.2, -0.15) is 0 Å². The van der Waals surface area contributed by atoms with Crippen molar-refractivity contribution in [2.24, 2.45) is 0 Å². The smallest absolute Gasteiger partial charge is 0.331 e. The second-order valence-corrected chi connectivity index (χ2v) is 4.04. The van der Waals surface area contributed by atoms with E-state index in [4.69, 9.17) is 9.15 Å². The molecule has 0 saturated carbocycles. The van der Waals surface area contributed by atoms with Crippen molar-refractivity contribution < 1.29 is 18.7 Å². The van der Waals surface area contributed by atoms with Gasteiger partial charge in [0.15, 0.2) is 6.61 Å². The lowest BCUT2D eigenvalue weighted by molar-refractivity contribution is -0.147. The van der Waals surface area contributed by atoms with Crippen molar-refractivity contribution >= 4 is 18.0 Å². The Kier molecular flexibility index (Phi) is 4.17.